The third-order valence-electron chi connectivity index (χ3n) is 4.17. The van der Waals surface area contributed by atoms with Crippen LogP contribution in [0.4, 0.5) is 0 Å². The number of oxime groups is 1. The Morgan fingerprint density at radius 3 is 2.74 bits per heavy atom. The summed E-state index contributed by atoms with van der Waals surface area (Å²) in [6, 6.07) is 0.0429. The average Bonchev–Trinajstić information content (AvgIpc) is 2.87. The van der Waals surface area contributed by atoms with Crippen LogP contribution in [0, 0.1) is 11.8 Å². The predicted octanol–water partition coefficient (Wildman–Crippen LogP) is 1.55. The number of amidine groups is 1. The molecule has 4 N–H and O–H groups in total. The normalized spacial score (nSPS) is 29.4. The van der Waals surface area contributed by atoms with E-state index in [9.17, 15) is 4.79 Å². The van der Waals surface area contributed by atoms with Crippen LogP contribution in [0.1, 0.15) is 38.5 Å². The molecule has 0 aromatic carbocycles. The molecule has 1 heterocycles. The summed E-state index contributed by atoms with van der Waals surface area (Å²) >= 11 is 1.97. The first-order valence-electron chi connectivity index (χ1n) is 7.05. The van der Waals surface area contributed by atoms with Crippen molar-refractivity contribution in [1.29, 1.82) is 0 Å². The van der Waals surface area contributed by atoms with Crippen molar-refractivity contribution in [2.45, 2.75) is 44.6 Å². The van der Waals surface area contributed by atoms with Crippen LogP contribution < -0.4 is 11.1 Å². The van der Waals surface area contributed by atoms with Gasteiger partial charge < -0.3 is 16.3 Å². The van der Waals surface area contributed by atoms with Gasteiger partial charge in [0.25, 0.3) is 0 Å². The standard InChI is InChI=1S/C13H23N3O2S/c14-13(16-18)10-2-1-3-11(10)15-12(17)8-9-4-6-19-7-5-9/h9-11,18H,1-8H2,(H2,14,16)(H,15,17). The van der Waals surface area contributed by atoms with Crippen molar-refractivity contribution >= 4 is 23.5 Å². The number of carbonyl (C=O) groups excluding carboxylic acids is 1. The average molecular weight is 285 g/mol. The van der Waals surface area contributed by atoms with Gasteiger partial charge in [-0.1, -0.05) is 11.6 Å². The van der Waals surface area contributed by atoms with Crippen LogP contribution in [0.15, 0.2) is 5.16 Å². The van der Waals surface area contributed by atoms with Crippen LogP contribution >= 0.6 is 11.8 Å². The van der Waals surface area contributed by atoms with Crippen molar-refractivity contribution in [3.63, 3.8) is 0 Å². The van der Waals surface area contributed by atoms with E-state index in [2.05, 4.69) is 10.5 Å². The van der Waals surface area contributed by atoms with Crippen molar-refractivity contribution in [1.82, 2.24) is 5.32 Å². The van der Waals surface area contributed by atoms with Crippen LogP contribution in [0.25, 0.3) is 0 Å². The van der Waals surface area contributed by atoms with Gasteiger partial charge in [-0.25, -0.2) is 0 Å². The van der Waals surface area contributed by atoms with Gasteiger partial charge in [0.15, 0.2) is 0 Å². The van der Waals surface area contributed by atoms with Crippen LogP contribution in [-0.2, 0) is 4.79 Å². The zero-order chi connectivity index (χ0) is 13.7. The number of amides is 1. The molecular weight excluding hydrogens is 262 g/mol. The van der Waals surface area contributed by atoms with Gasteiger partial charge in [-0.15, -0.1) is 0 Å². The Morgan fingerprint density at radius 1 is 1.32 bits per heavy atom. The Bertz CT molecular complexity index is 343. The topological polar surface area (TPSA) is 87.7 Å². The van der Waals surface area contributed by atoms with Gasteiger partial charge in [-0.2, -0.15) is 11.8 Å². The number of nitrogens with two attached hydrogens (primary N) is 1. The molecule has 0 aromatic heterocycles. The number of rotatable bonds is 4. The Labute approximate surface area is 118 Å². The summed E-state index contributed by atoms with van der Waals surface area (Å²) in [5.74, 6) is 3.25. The first-order chi connectivity index (χ1) is 9.20. The summed E-state index contributed by atoms with van der Waals surface area (Å²) in [5, 5.41) is 14.9. The highest BCUT2D eigenvalue weighted by Gasteiger charge is 2.32. The predicted molar refractivity (Wildman–Crippen MR) is 77.3 cm³/mol. The molecule has 19 heavy (non-hydrogen) atoms. The van der Waals surface area contributed by atoms with Crippen LogP contribution in [0.5, 0.6) is 0 Å². The van der Waals surface area contributed by atoms with Gasteiger partial charge in [-0.05, 0) is 43.1 Å². The molecule has 6 heteroatoms. The van der Waals surface area contributed by atoms with E-state index in [-0.39, 0.29) is 23.7 Å². The number of carbonyl (C=O) groups is 1. The zero-order valence-corrected chi connectivity index (χ0v) is 12.0. The molecule has 0 bridgehead atoms. The third kappa shape index (κ3) is 4.03. The molecular formula is C13H23N3O2S. The van der Waals surface area contributed by atoms with E-state index >= 15 is 0 Å². The summed E-state index contributed by atoms with van der Waals surface area (Å²) in [7, 11) is 0. The van der Waals surface area contributed by atoms with Crippen LogP contribution in [0.2, 0.25) is 0 Å². The Balaban J connectivity index is 1.80. The lowest BCUT2D eigenvalue weighted by Gasteiger charge is -2.23. The fourth-order valence-corrected chi connectivity index (χ4v) is 4.24. The Morgan fingerprint density at radius 2 is 2.05 bits per heavy atom. The number of nitrogens with zero attached hydrogens (tertiary/aromatic N) is 1. The highest BCUT2D eigenvalue weighted by atomic mass is 32.2. The molecule has 108 valence electrons. The Kier molecular flexibility index (Phi) is 5.36. The minimum atomic E-state index is -0.00383. The van der Waals surface area contributed by atoms with Gasteiger partial charge in [0.1, 0.15) is 5.84 Å². The monoisotopic (exact) mass is 285 g/mol. The molecule has 1 saturated carbocycles. The van der Waals surface area contributed by atoms with Gasteiger partial charge in [0, 0.05) is 18.4 Å². The minimum Gasteiger partial charge on any atom is -0.409 e. The number of hydrogen-bond donors (Lipinski definition) is 3. The zero-order valence-electron chi connectivity index (χ0n) is 11.2. The van der Waals surface area contributed by atoms with E-state index in [1.807, 2.05) is 11.8 Å². The van der Waals surface area contributed by atoms with Crippen molar-refractivity contribution in [3.05, 3.63) is 0 Å². The lowest BCUT2D eigenvalue weighted by molar-refractivity contribution is -0.122. The van der Waals surface area contributed by atoms with E-state index in [1.54, 1.807) is 0 Å². The fraction of sp³-hybridized carbons (Fsp3) is 0.846. The van der Waals surface area contributed by atoms with Gasteiger partial charge >= 0.3 is 0 Å². The molecule has 2 atom stereocenters. The molecule has 0 aromatic rings. The summed E-state index contributed by atoms with van der Waals surface area (Å²) in [6.45, 7) is 0. The minimum absolute atomic E-state index is 0.00383. The summed E-state index contributed by atoms with van der Waals surface area (Å²) in [6.07, 6.45) is 5.75. The smallest absolute Gasteiger partial charge is 0.220 e. The van der Waals surface area contributed by atoms with E-state index < -0.39 is 0 Å². The fourth-order valence-electron chi connectivity index (χ4n) is 3.04. The molecule has 1 aliphatic heterocycles. The summed E-state index contributed by atoms with van der Waals surface area (Å²) in [4.78, 5) is 12.1. The Hall–Kier alpha value is -0.910. The van der Waals surface area contributed by atoms with Gasteiger partial charge in [-0.3, -0.25) is 4.79 Å². The summed E-state index contributed by atoms with van der Waals surface area (Å²) in [5.41, 5.74) is 5.67. The quantitative estimate of drug-likeness (QED) is 0.316. The molecule has 2 unspecified atom stereocenters. The molecule has 5 nitrogen and oxygen atoms in total. The van der Waals surface area contributed by atoms with Gasteiger partial charge in [0.05, 0.1) is 0 Å². The van der Waals surface area contributed by atoms with E-state index in [1.165, 1.54) is 11.5 Å². The maximum atomic E-state index is 12.1. The molecule has 2 fully saturated rings. The maximum Gasteiger partial charge on any atom is 0.220 e. The van der Waals surface area contributed by atoms with Gasteiger partial charge in [0.2, 0.25) is 5.91 Å². The second-order valence-corrected chi connectivity index (χ2v) is 6.72. The second-order valence-electron chi connectivity index (χ2n) is 5.50. The molecule has 0 spiro atoms. The van der Waals surface area contributed by atoms with Crippen molar-refractivity contribution in [2.24, 2.45) is 22.7 Å². The number of thioether (sulfide) groups is 1. The molecule has 2 rings (SSSR count). The maximum absolute atomic E-state index is 12.1. The summed E-state index contributed by atoms with van der Waals surface area (Å²) < 4.78 is 0. The molecule has 1 amide bonds. The lowest BCUT2D eigenvalue weighted by atomic mass is 9.97. The van der Waals surface area contributed by atoms with Crippen LogP contribution in [-0.4, -0.2) is 34.5 Å². The largest absolute Gasteiger partial charge is 0.409 e. The number of nitrogens with one attached hydrogen (secondary N) is 1. The first kappa shape index (κ1) is 14.5. The van der Waals surface area contributed by atoms with E-state index in [0.717, 1.165) is 32.1 Å². The lowest BCUT2D eigenvalue weighted by Crippen LogP contribution is -2.43. The molecule has 0 radical (unpaired) electrons. The molecule has 1 saturated heterocycles. The van der Waals surface area contributed by atoms with E-state index in [4.69, 9.17) is 10.9 Å². The third-order valence-corrected chi connectivity index (χ3v) is 5.22. The number of hydrogen-bond acceptors (Lipinski definition) is 4. The molecule has 2 aliphatic rings. The first-order valence-corrected chi connectivity index (χ1v) is 8.20. The highest BCUT2D eigenvalue weighted by molar-refractivity contribution is 7.99. The SMILES string of the molecule is NC(=NO)C1CCCC1NC(=O)CC1CCSCC1. The van der Waals surface area contributed by atoms with Crippen molar-refractivity contribution in [2.75, 3.05) is 11.5 Å². The van der Waals surface area contributed by atoms with Crippen LogP contribution in [0.3, 0.4) is 0 Å². The van der Waals surface area contributed by atoms with Crippen molar-refractivity contribution < 1.29 is 10.0 Å². The van der Waals surface area contributed by atoms with E-state index in [0.29, 0.717) is 12.3 Å². The molecule has 1 aliphatic carbocycles. The highest BCUT2D eigenvalue weighted by Crippen LogP contribution is 2.28. The second kappa shape index (κ2) is 7.03. The van der Waals surface area contributed by atoms with Crippen molar-refractivity contribution in [3.8, 4) is 0 Å².